The maximum Gasteiger partial charge on any atom is 0.159 e. The van der Waals surface area contributed by atoms with Crippen LogP contribution in [0.3, 0.4) is 0 Å². The van der Waals surface area contributed by atoms with Gasteiger partial charge >= 0.3 is 0 Å². The minimum absolute atomic E-state index is 0.337. The average Bonchev–Trinajstić information content (AvgIpc) is 1.88. The van der Waals surface area contributed by atoms with Crippen LogP contribution in [-0.2, 0) is 0 Å². The van der Waals surface area contributed by atoms with Crippen LogP contribution in [0, 0.1) is 0 Å². The Bertz CT molecular complexity index is 184. The van der Waals surface area contributed by atoms with E-state index >= 15 is 0 Å². The molecule has 0 bridgehead atoms. The lowest BCUT2D eigenvalue weighted by molar-refractivity contribution is 1.64. The SMILES string of the molecule is C[Si](C)Nc1ccccc1. The molecule has 0 aliphatic heterocycles. The summed E-state index contributed by atoms with van der Waals surface area (Å²) in [5.41, 5.74) is 1.24. The minimum atomic E-state index is -0.337. The van der Waals surface area contributed by atoms with Crippen molar-refractivity contribution in [2.45, 2.75) is 13.1 Å². The summed E-state index contributed by atoms with van der Waals surface area (Å²) < 4.78 is 0. The van der Waals surface area contributed by atoms with E-state index in [0.717, 1.165) is 0 Å². The van der Waals surface area contributed by atoms with Gasteiger partial charge in [0.05, 0.1) is 0 Å². The van der Waals surface area contributed by atoms with Crippen LogP contribution in [0.2, 0.25) is 13.1 Å². The minimum Gasteiger partial charge on any atom is -0.411 e. The largest absolute Gasteiger partial charge is 0.411 e. The van der Waals surface area contributed by atoms with Crippen LogP contribution in [0.15, 0.2) is 30.3 Å². The summed E-state index contributed by atoms with van der Waals surface area (Å²) >= 11 is 0. The van der Waals surface area contributed by atoms with Crippen molar-refractivity contribution in [2.75, 3.05) is 4.98 Å². The van der Waals surface area contributed by atoms with Crippen molar-refractivity contribution >= 4 is 14.6 Å². The lowest BCUT2D eigenvalue weighted by Crippen LogP contribution is -2.14. The van der Waals surface area contributed by atoms with Crippen molar-refractivity contribution in [2.24, 2.45) is 0 Å². The van der Waals surface area contributed by atoms with Crippen molar-refractivity contribution in [1.82, 2.24) is 0 Å². The molecular formula is C8H12NSi. The second-order valence-corrected chi connectivity index (χ2v) is 4.74. The maximum absolute atomic E-state index is 3.41. The lowest BCUT2D eigenvalue weighted by atomic mass is 10.3. The summed E-state index contributed by atoms with van der Waals surface area (Å²) in [5.74, 6) is 0. The molecule has 0 spiro atoms. The van der Waals surface area contributed by atoms with Gasteiger partial charge in [-0.15, -0.1) is 0 Å². The van der Waals surface area contributed by atoms with Gasteiger partial charge in [-0.05, 0) is 12.1 Å². The summed E-state index contributed by atoms with van der Waals surface area (Å²) in [6, 6.07) is 10.3. The molecule has 1 N–H and O–H groups in total. The molecule has 0 saturated carbocycles. The molecule has 2 heteroatoms. The van der Waals surface area contributed by atoms with E-state index in [1.54, 1.807) is 0 Å². The van der Waals surface area contributed by atoms with Gasteiger partial charge in [-0.2, -0.15) is 0 Å². The van der Waals surface area contributed by atoms with Crippen molar-refractivity contribution in [3.63, 3.8) is 0 Å². The maximum atomic E-state index is 3.41. The highest BCUT2D eigenvalue weighted by atomic mass is 28.3. The molecule has 1 nitrogen and oxygen atoms in total. The first-order valence-corrected chi connectivity index (χ1v) is 5.91. The summed E-state index contributed by atoms with van der Waals surface area (Å²) in [5, 5.41) is 0. The number of hydrogen-bond acceptors (Lipinski definition) is 1. The van der Waals surface area contributed by atoms with E-state index in [2.05, 4.69) is 30.2 Å². The highest BCUT2D eigenvalue weighted by Gasteiger charge is 1.93. The van der Waals surface area contributed by atoms with Gasteiger partial charge in [0.15, 0.2) is 8.96 Å². The molecule has 10 heavy (non-hydrogen) atoms. The molecule has 0 amide bonds. The predicted molar refractivity (Wildman–Crippen MR) is 47.5 cm³/mol. The second-order valence-electron chi connectivity index (χ2n) is 2.49. The fourth-order valence-corrected chi connectivity index (χ4v) is 1.55. The predicted octanol–water partition coefficient (Wildman–Crippen LogP) is 2.35. The lowest BCUT2D eigenvalue weighted by Gasteiger charge is -2.06. The smallest absolute Gasteiger partial charge is 0.159 e. The number of hydrogen-bond donors (Lipinski definition) is 1. The molecule has 53 valence electrons. The van der Waals surface area contributed by atoms with Crippen LogP contribution < -0.4 is 4.98 Å². The standard InChI is InChI=1S/C8H12NSi/c1-10(2)9-8-6-4-3-5-7-8/h3-7,9H,1-2H3. The zero-order valence-electron chi connectivity index (χ0n) is 6.39. The van der Waals surface area contributed by atoms with Gasteiger partial charge in [0.2, 0.25) is 0 Å². The van der Waals surface area contributed by atoms with Crippen LogP contribution in [0.4, 0.5) is 5.69 Å². The first-order valence-electron chi connectivity index (χ1n) is 3.41. The Hall–Kier alpha value is -0.763. The number of rotatable bonds is 2. The molecule has 1 aromatic rings. The number of para-hydroxylation sites is 1. The van der Waals surface area contributed by atoms with Gasteiger partial charge in [-0.3, -0.25) is 0 Å². The monoisotopic (exact) mass is 150 g/mol. The van der Waals surface area contributed by atoms with E-state index in [4.69, 9.17) is 0 Å². The van der Waals surface area contributed by atoms with Crippen molar-refractivity contribution in [3.8, 4) is 0 Å². The Morgan fingerprint density at radius 3 is 2.20 bits per heavy atom. The van der Waals surface area contributed by atoms with Crippen LogP contribution in [0.25, 0.3) is 0 Å². The van der Waals surface area contributed by atoms with Gasteiger partial charge < -0.3 is 4.98 Å². The molecule has 0 aliphatic rings. The van der Waals surface area contributed by atoms with E-state index in [0.29, 0.717) is 0 Å². The van der Waals surface area contributed by atoms with Gasteiger partial charge in [0.25, 0.3) is 0 Å². The van der Waals surface area contributed by atoms with E-state index in [-0.39, 0.29) is 8.96 Å². The van der Waals surface area contributed by atoms with Crippen LogP contribution in [-0.4, -0.2) is 8.96 Å². The van der Waals surface area contributed by atoms with Gasteiger partial charge in [-0.1, -0.05) is 31.3 Å². The molecule has 0 unspecified atom stereocenters. The highest BCUT2D eigenvalue weighted by molar-refractivity contribution is 6.59. The Kier molecular flexibility index (Phi) is 2.51. The third kappa shape index (κ3) is 2.23. The molecule has 0 fully saturated rings. The van der Waals surface area contributed by atoms with E-state index in [1.165, 1.54) is 5.69 Å². The third-order valence-corrected chi connectivity index (χ3v) is 1.96. The van der Waals surface area contributed by atoms with Crippen LogP contribution in [0.1, 0.15) is 0 Å². The van der Waals surface area contributed by atoms with Crippen LogP contribution in [0.5, 0.6) is 0 Å². The molecule has 1 rings (SSSR count). The molecule has 0 atom stereocenters. The first-order chi connectivity index (χ1) is 4.79. The average molecular weight is 150 g/mol. The number of anilines is 1. The van der Waals surface area contributed by atoms with Crippen molar-refractivity contribution < 1.29 is 0 Å². The van der Waals surface area contributed by atoms with Crippen LogP contribution >= 0.6 is 0 Å². The fraction of sp³-hybridized carbons (Fsp3) is 0.250. The molecule has 1 aromatic carbocycles. The second kappa shape index (κ2) is 3.42. The first kappa shape index (κ1) is 7.35. The normalized spacial score (nSPS) is 9.90. The fourth-order valence-electron chi connectivity index (χ4n) is 0.810. The van der Waals surface area contributed by atoms with Crippen molar-refractivity contribution in [1.29, 1.82) is 0 Å². The molecule has 0 aromatic heterocycles. The Balaban J connectivity index is 2.59. The van der Waals surface area contributed by atoms with Crippen molar-refractivity contribution in [3.05, 3.63) is 30.3 Å². The number of benzene rings is 1. The molecule has 1 radical (unpaired) electrons. The Labute approximate surface area is 63.8 Å². The molecule has 0 aliphatic carbocycles. The van der Waals surface area contributed by atoms with E-state index in [1.807, 2.05) is 18.2 Å². The summed E-state index contributed by atoms with van der Waals surface area (Å²) in [7, 11) is -0.337. The third-order valence-electron chi connectivity index (χ3n) is 1.17. The van der Waals surface area contributed by atoms with Gasteiger partial charge in [-0.25, -0.2) is 0 Å². The highest BCUT2D eigenvalue weighted by Crippen LogP contribution is 2.04. The quantitative estimate of drug-likeness (QED) is 0.638. The summed E-state index contributed by atoms with van der Waals surface area (Å²) in [4.78, 5) is 3.41. The molecule has 0 heterocycles. The zero-order valence-corrected chi connectivity index (χ0v) is 7.39. The van der Waals surface area contributed by atoms with Gasteiger partial charge in [0.1, 0.15) is 0 Å². The van der Waals surface area contributed by atoms with E-state index in [9.17, 15) is 0 Å². The Morgan fingerprint density at radius 2 is 1.70 bits per heavy atom. The topological polar surface area (TPSA) is 12.0 Å². The molecular weight excluding hydrogens is 138 g/mol. The number of nitrogens with one attached hydrogen (secondary N) is 1. The van der Waals surface area contributed by atoms with Gasteiger partial charge in [0, 0.05) is 5.69 Å². The Morgan fingerprint density at radius 1 is 1.10 bits per heavy atom. The summed E-state index contributed by atoms with van der Waals surface area (Å²) in [6.07, 6.45) is 0. The zero-order chi connectivity index (χ0) is 7.40. The summed E-state index contributed by atoms with van der Waals surface area (Å²) in [6.45, 7) is 4.47. The van der Waals surface area contributed by atoms with E-state index < -0.39 is 0 Å². The molecule has 0 saturated heterocycles.